The number of hydrogen-bond donors (Lipinski definition) is 1. The van der Waals surface area contributed by atoms with Crippen molar-refractivity contribution in [1.82, 2.24) is 14.9 Å². The molecular weight excluding hydrogens is 304 g/mol. The summed E-state index contributed by atoms with van der Waals surface area (Å²) in [5.41, 5.74) is 1.37. The summed E-state index contributed by atoms with van der Waals surface area (Å²) >= 11 is 0. The lowest BCUT2D eigenvalue weighted by molar-refractivity contribution is 0.0761. The number of carbonyl (C=O) groups is 1. The first-order valence-electron chi connectivity index (χ1n) is 8.28. The molecule has 1 aliphatic heterocycles. The fraction of sp³-hybridized carbons (Fsp3) is 0.389. The zero-order valence-electron chi connectivity index (χ0n) is 13.9. The SMILES string of the molecule is COc1cccc(Nc2ncc(C(=O)N3CCCCCC3)cn2)c1. The van der Waals surface area contributed by atoms with Crippen molar-refractivity contribution < 1.29 is 9.53 Å². The van der Waals surface area contributed by atoms with E-state index in [1.54, 1.807) is 19.5 Å². The van der Waals surface area contributed by atoms with Gasteiger partial charge in [-0.15, -0.1) is 0 Å². The number of nitrogens with zero attached hydrogens (tertiary/aromatic N) is 3. The van der Waals surface area contributed by atoms with Gasteiger partial charge in [0.25, 0.3) is 5.91 Å². The van der Waals surface area contributed by atoms with Crippen LogP contribution in [0.1, 0.15) is 36.0 Å². The van der Waals surface area contributed by atoms with Crippen LogP contribution in [0.25, 0.3) is 0 Å². The van der Waals surface area contributed by atoms with Crippen molar-refractivity contribution in [2.24, 2.45) is 0 Å². The number of anilines is 2. The summed E-state index contributed by atoms with van der Waals surface area (Å²) in [4.78, 5) is 22.9. The van der Waals surface area contributed by atoms with Crippen molar-refractivity contribution in [2.75, 3.05) is 25.5 Å². The molecule has 1 aromatic heterocycles. The highest BCUT2D eigenvalue weighted by Gasteiger charge is 2.17. The van der Waals surface area contributed by atoms with E-state index >= 15 is 0 Å². The summed E-state index contributed by atoms with van der Waals surface area (Å²) in [6.07, 6.45) is 7.71. The van der Waals surface area contributed by atoms with Gasteiger partial charge in [-0.05, 0) is 25.0 Å². The Kier molecular flexibility index (Phi) is 5.25. The lowest BCUT2D eigenvalue weighted by Gasteiger charge is -2.19. The van der Waals surface area contributed by atoms with Crippen LogP contribution >= 0.6 is 0 Å². The van der Waals surface area contributed by atoms with Gasteiger partial charge in [0.1, 0.15) is 5.75 Å². The third-order valence-corrected chi connectivity index (χ3v) is 4.12. The van der Waals surface area contributed by atoms with Gasteiger partial charge in [-0.25, -0.2) is 9.97 Å². The van der Waals surface area contributed by atoms with Gasteiger partial charge in [0.2, 0.25) is 5.95 Å². The van der Waals surface area contributed by atoms with Gasteiger partial charge in [-0.3, -0.25) is 4.79 Å². The van der Waals surface area contributed by atoms with E-state index in [1.165, 1.54) is 12.8 Å². The Hall–Kier alpha value is -2.63. The van der Waals surface area contributed by atoms with Crippen LogP contribution in [-0.4, -0.2) is 41.0 Å². The maximum atomic E-state index is 12.5. The first-order chi connectivity index (χ1) is 11.8. The van der Waals surface area contributed by atoms with Crippen molar-refractivity contribution in [3.63, 3.8) is 0 Å². The molecule has 1 saturated heterocycles. The highest BCUT2D eigenvalue weighted by atomic mass is 16.5. The van der Waals surface area contributed by atoms with Gasteiger partial charge < -0.3 is 15.0 Å². The normalized spacial score (nSPS) is 14.8. The van der Waals surface area contributed by atoms with Gasteiger partial charge in [0.15, 0.2) is 0 Å². The Morgan fingerprint density at radius 2 is 1.83 bits per heavy atom. The van der Waals surface area contributed by atoms with Crippen LogP contribution in [-0.2, 0) is 0 Å². The van der Waals surface area contributed by atoms with E-state index in [9.17, 15) is 4.79 Å². The Morgan fingerprint density at radius 1 is 1.12 bits per heavy atom. The molecule has 0 aliphatic carbocycles. The monoisotopic (exact) mass is 326 g/mol. The van der Waals surface area contributed by atoms with Gasteiger partial charge in [0.05, 0.1) is 12.7 Å². The van der Waals surface area contributed by atoms with Crippen molar-refractivity contribution in [2.45, 2.75) is 25.7 Å². The lowest BCUT2D eigenvalue weighted by atomic mass is 10.2. The molecule has 2 aromatic rings. The smallest absolute Gasteiger partial charge is 0.256 e. The quantitative estimate of drug-likeness (QED) is 0.934. The van der Waals surface area contributed by atoms with E-state index in [4.69, 9.17) is 4.74 Å². The molecule has 6 heteroatoms. The molecule has 0 spiro atoms. The molecule has 1 N–H and O–H groups in total. The molecular formula is C18H22N4O2. The first kappa shape index (κ1) is 16.2. The van der Waals surface area contributed by atoms with Crippen LogP contribution in [0.5, 0.6) is 5.75 Å². The number of carbonyl (C=O) groups excluding carboxylic acids is 1. The molecule has 0 radical (unpaired) electrons. The highest BCUT2D eigenvalue weighted by Crippen LogP contribution is 2.19. The maximum absolute atomic E-state index is 12.5. The van der Waals surface area contributed by atoms with Crippen molar-refractivity contribution in [3.8, 4) is 5.75 Å². The first-order valence-corrected chi connectivity index (χ1v) is 8.28. The van der Waals surface area contributed by atoms with E-state index in [0.717, 1.165) is 37.4 Å². The number of nitrogens with one attached hydrogen (secondary N) is 1. The average Bonchev–Trinajstić information content (AvgIpc) is 2.91. The van der Waals surface area contributed by atoms with Gasteiger partial charge >= 0.3 is 0 Å². The Balaban J connectivity index is 1.67. The van der Waals surface area contributed by atoms with Crippen LogP contribution < -0.4 is 10.1 Å². The third kappa shape index (κ3) is 4.01. The minimum atomic E-state index is 0.0184. The second kappa shape index (κ2) is 7.77. The average molecular weight is 326 g/mol. The van der Waals surface area contributed by atoms with E-state index < -0.39 is 0 Å². The van der Waals surface area contributed by atoms with Crippen molar-refractivity contribution in [1.29, 1.82) is 0 Å². The number of hydrogen-bond acceptors (Lipinski definition) is 5. The Bertz CT molecular complexity index is 680. The summed E-state index contributed by atoms with van der Waals surface area (Å²) in [6, 6.07) is 7.52. The lowest BCUT2D eigenvalue weighted by Crippen LogP contribution is -2.32. The maximum Gasteiger partial charge on any atom is 0.256 e. The standard InChI is InChI=1S/C18H22N4O2/c1-24-16-8-6-7-15(11-16)21-18-19-12-14(13-20-18)17(23)22-9-4-2-3-5-10-22/h6-8,11-13H,2-5,9-10H2,1H3,(H,19,20,21). The number of ether oxygens (including phenoxy) is 1. The summed E-state index contributed by atoms with van der Waals surface area (Å²) in [6.45, 7) is 1.64. The van der Waals surface area contributed by atoms with Crippen LogP contribution in [0.2, 0.25) is 0 Å². The van der Waals surface area contributed by atoms with Crippen molar-refractivity contribution in [3.05, 3.63) is 42.2 Å². The van der Waals surface area contributed by atoms with Gasteiger partial charge in [-0.1, -0.05) is 18.9 Å². The topological polar surface area (TPSA) is 67.3 Å². The van der Waals surface area contributed by atoms with E-state index in [-0.39, 0.29) is 5.91 Å². The summed E-state index contributed by atoms with van der Waals surface area (Å²) in [7, 11) is 1.62. The van der Waals surface area contributed by atoms with Crippen molar-refractivity contribution >= 4 is 17.5 Å². The minimum absolute atomic E-state index is 0.0184. The fourth-order valence-electron chi connectivity index (χ4n) is 2.79. The number of methoxy groups -OCH3 is 1. The summed E-state index contributed by atoms with van der Waals surface area (Å²) in [5.74, 6) is 1.23. The number of benzene rings is 1. The second-order valence-corrected chi connectivity index (χ2v) is 5.86. The van der Waals surface area contributed by atoms with Crippen LogP contribution in [0.3, 0.4) is 0 Å². The Morgan fingerprint density at radius 3 is 2.50 bits per heavy atom. The molecule has 1 aromatic carbocycles. The third-order valence-electron chi connectivity index (χ3n) is 4.12. The van der Waals surface area contributed by atoms with Gasteiger partial charge in [-0.2, -0.15) is 0 Å². The fourth-order valence-corrected chi connectivity index (χ4v) is 2.79. The summed E-state index contributed by atoms with van der Waals surface area (Å²) < 4.78 is 5.19. The van der Waals surface area contributed by atoms with E-state index in [1.807, 2.05) is 29.2 Å². The molecule has 1 amide bonds. The van der Waals surface area contributed by atoms with Gasteiger partial charge in [0, 0.05) is 37.2 Å². The molecule has 126 valence electrons. The molecule has 1 fully saturated rings. The number of aromatic nitrogens is 2. The highest BCUT2D eigenvalue weighted by molar-refractivity contribution is 5.93. The largest absolute Gasteiger partial charge is 0.497 e. The van der Waals surface area contributed by atoms with Crippen LogP contribution in [0, 0.1) is 0 Å². The van der Waals surface area contributed by atoms with Crippen LogP contribution in [0.15, 0.2) is 36.7 Å². The van der Waals surface area contributed by atoms with Crippen LogP contribution in [0.4, 0.5) is 11.6 Å². The second-order valence-electron chi connectivity index (χ2n) is 5.86. The minimum Gasteiger partial charge on any atom is -0.497 e. The van der Waals surface area contributed by atoms with E-state index in [2.05, 4.69) is 15.3 Å². The predicted molar refractivity (Wildman–Crippen MR) is 92.7 cm³/mol. The molecule has 0 bridgehead atoms. The molecule has 0 saturated carbocycles. The predicted octanol–water partition coefficient (Wildman–Crippen LogP) is 3.25. The molecule has 6 nitrogen and oxygen atoms in total. The Labute approximate surface area is 141 Å². The molecule has 24 heavy (non-hydrogen) atoms. The summed E-state index contributed by atoms with van der Waals surface area (Å²) in [5, 5.41) is 3.11. The number of amides is 1. The molecule has 2 heterocycles. The number of likely N-dealkylation sites (tertiary alicyclic amines) is 1. The number of rotatable bonds is 4. The zero-order chi connectivity index (χ0) is 16.8. The molecule has 1 aliphatic rings. The molecule has 0 unspecified atom stereocenters. The molecule has 3 rings (SSSR count). The molecule has 0 atom stereocenters. The van der Waals surface area contributed by atoms with E-state index in [0.29, 0.717) is 11.5 Å². The zero-order valence-corrected chi connectivity index (χ0v) is 13.9.